The Balaban J connectivity index is 3.93. The number of hydrogen-bond donors (Lipinski definition) is 2. The summed E-state index contributed by atoms with van der Waals surface area (Å²) in [6.07, 6.45) is 0.910. The van der Waals surface area contributed by atoms with Gasteiger partial charge in [0.2, 0.25) is 0 Å². The molecule has 0 aromatic heterocycles. The zero-order valence-corrected chi connectivity index (χ0v) is 6.06. The van der Waals surface area contributed by atoms with Crippen molar-refractivity contribution in [3.05, 3.63) is 0 Å². The van der Waals surface area contributed by atoms with Crippen LogP contribution in [0.1, 0.15) is 0 Å². The molecule has 0 heterocycles. The molecule has 0 aliphatic rings. The van der Waals surface area contributed by atoms with E-state index < -0.39 is 11.9 Å². The van der Waals surface area contributed by atoms with Gasteiger partial charge in [-0.1, -0.05) is 0 Å². The van der Waals surface area contributed by atoms with Gasteiger partial charge in [-0.2, -0.15) is 0 Å². The van der Waals surface area contributed by atoms with Gasteiger partial charge in [0.1, 0.15) is 9.58 Å². The number of carboxylic acids is 2. The molecule has 0 bridgehead atoms. The first-order valence-corrected chi connectivity index (χ1v) is 2.71. The van der Waals surface area contributed by atoms with Gasteiger partial charge in [0.15, 0.2) is 0 Å². The molecule has 2 N–H and O–H groups in total. The van der Waals surface area contributed by atoms with Crippen molar-refractivity contribution < 1.29 is 34.3 Å². The molecule has 0 spiro atoms. The van der Waals surface area contributed by atoms with Crippen molar-refractivity contribution in [3.63, 3.8) is 0 Å². The number of hydrogen-bond acceptors (Lipinski definition) is 5. The maximum Gasteiger partial charge on any atom is 0.418 e. The highest BCUT2D eigenvalue weighted by Gasteiger charge is 1.98. The van der Waals surface area contributed by atoms with Gasteiger partial charge in [0.25, 0.3) is 0 Å². The van der Waals surface area contributed by atoms with Crippen LogP contribution in [0.4, 0.5) is 0 Å². The predicted molar refractivity (Wildman–Crippen MR) is 33.9 cm³/mol. The van der Waals surface area contributed by atoms with Gasteiger partial charge in [-0.05, 0) is 0 Å². The van der Waals surface area contributed by atoms with Gasteiger partial charge >= 0.3 is 34.9 Å². The third kappa shape index (κ3) is 9.50. The number of carboxylic acid groups (broad SMARTS) is 2. The molecule has 13 heavy (non-hydrogen) atoms. The summed E-state index contributed by atoms with van der Waals surface area (Å²) in [7, 11) is 0. The Bertz CT molecular complexity index is 289. The van der Waals surface area contributed by atoms with Gasteiger partial charge in [0.05, 0.1) is 0 Å². The molecule has 0 amide bonds. The Morgan fingerprint density at radius 2 is 1.46 bits per heavy atom. The molecule has 0 fully saturated rings. The standard InChI is InChI=1S/C4H2N4O5/c9-3(10)1-5-7-13-8-6-2-4(11)12/h1-2H/p+2. The predicted octanol–water partition coefficient (Wildman–Crippen LogP) is -1.54. The van der Waals surface area contributed by atoms with Crippen LogP contribution in [0.25, 0.3) is 0 Å². The molecule has 0 aliphatic heterocycles. The topological polar surface area (TPSA) is 137 Å². The summed E-state index contributed by atoms with van der Waals surface area (Å²) in [4.78, 5) is 29.1. The second-order valence-corrected chi connectivity index (χ2v) is 1.41. The summed E-state index contributed by atoms with van der Waals surface area (Å²) in [5.41, 5.74) is 0. The molecule has 9 nitrogen and oxygen atoms in total. The van der Waals surface area contributed by atoms with E-state index in [0.29, 0.717) is 12.4 Å². The van der Waals surface area contributed by atoms with Crippen LogP contribution in [0, 0.1) is 0 Å². The van der Waals surface area contributed by atoms with Crippen LogP contribution < -0.4 is 0 Å². The minimum Gasteiger partial charge on any atom is -0.473 e. The van der Waals surface area contributed by atoms with Crippen LogP contribution in [0.5, 0.6) is 0 Å². The maximum absolute atomic E-state index is 9.77. The van der Waals surface area contributed by atoms with E-state index >= 15 is 0 Å². The van der Waals surface area contributed by atoms with Crippen molar-refractivity contribution in [1.82, 2.24) is 0 Å². The lowest BCUT2D eigenvalue weighted by molar-refractivity contribution is -0.259. The van der Waals surface area contributed by atoms with E-state index in [-0.39, 0.29) is 0 Å². The van der Waals surface area contributed by atoms with Crippen molar-refractivity contribution in [3.8, 4) is 0 Å². The van der Waals surface area contributed by atoms with E-state index in [1.807, 2.05) is 0 Å². The summed E-state index contributed by atoms with van der Waals surface area (Å²) < 4.78 is 0. The normalized spacial score (nSPS) is 7.08. The highest BCUT2D eigenvalue weighted by molar-refractivity contribution is 6.19. The lowest BCUT2D eigenvalue weighted by Gasteiger charge is -1.58. The third-order valence-corrected chi connectivity index (χ3v) is 0.504. The number of carbonyl (C=O) groups is 2. The minimum atomic E-state index is -1.30. The number of aliphatic carboxylic acids is 2. The molecule has 0 aliphatic carbocycles. The Labute approximate surface area is 70.4 Å². The third-order valence-electron chi connectivity index (χ3n) is 0.504. The second-order valence-electron chi connectivity index (χ2n) is 1.41. The van der Waals surface area contributed by atoms with Gasteiger partial charge in [-0.3, -0.25) is 0 Å². The summed E-state index contributed by atoms with van der Waals surface area (Å²) in [5.74, 6) is -2.61. The summed E-state index contributed by atoms with van der Waals surface area (Å²) in [6.45, 7) is 0. The fourth-order valence-electron chi connectivity index (χ4n) is 0.204. The van der Waals surface area contributed by atoms with Gasteiger partial charge in [0, 0.05) is 0 Å². The monoisotopic (exact) mass is 188 g/mol. The smallest absolute Gasteiger partial charge is 0.418 e. The van der Waals surface area contributed by atoms with Crippen molar-refractivity contribution in [2.45, 2.75) is 0 Å². The van der Waals surface area contributed by atoms with Crippen molar-refractivity contribution >= 4 is 24.4 Å². The van der Waals surface area contributed by atoms with Crippen LogP contribution >= 0.6 is 0 Å². The summed E-state index contributed by atoms with van der Waals surface area (Å²) in [6, 6.07) is 0. The molecule has 0 rings (SSSR count). The molecular weight excluding hydrogens is 184 g/mol. The lowest BCUT2D eigenvalue weighted by Crippen LogP contribution is -1.96. The van der Waals surface area contributed by atoms with Crippen LogP contribution in [-0.4, -0.2) is 44.2 Å². The van der Waals surface area contributed by atoms with E-state index in [2.05, 4.69) is 25.1 Å². The van der Waals surface area contributed by atoms with Crippen molar-refractivity contribution in [2.24, 2.45) is 10.6 Å². The SMILES string of the molecule is O=C(O)C=[N+]=NON=[N+]=CC(=O)O. The molecule has 0 aromatic carbocycles. The Morgan fingerprint density at radius 1 is 1.08 bits per heavy atom. The van der Waals surface area contributed by atoms with Crippen molar-refractivity contribution in [1.29, 1.82) is 0 Å². The van der Waals surface area contributed by atoms with Crippen LogP contribution in [0.3, 0.4) is 0 Å². The molecule has 0 unspecified atom stereocenters. The average molecular weight is 188 g/mol. The lowest BCUT2D eigenvalue weighted by atomic mass is 10.8. The zero-order valence-electron chi connectivity index (χ0n) is 6.06. The van der Waals surface area contributed by atoms with Crippen LogP contribution in [0.2, 0.25) is 0 Å². The van der Waals surface area contributed by atoms with Crippen molar-refractivity contribution in [2.75, 3.05) is 0 Å². The minimum absolute atomic E-state index is 0.455. The Hall–Kier alpha value is -2.50. The van der Waals surface area contributed by atoms with Crippen LogP contribution in [-0.2, 0) is 14.5 Å². The van der Waals surface area contributed by atoms with Gasteiger partial charge in [-0.25, -0.2) is 9.59 Å². The van der Waals surface area contributed by atoms with E-state index in [1.54, 1.807) is 0 Å². The molecule has 0 saturated carbocycles. The first kappa shape index (κ1) is 10.5. The summed E-state index contributed by atoms with van der Waals surface area (Å²) in [5, 5.41) is 21.4. The zero-order chi connectivity index (χ0) is 10.1. The molecule has 68 valence electrons. The molecule has 0 aromatic rings. The highest BCUT2D eigenvalue weighted by atomic mass is 16.8. The Kier molecular flexibility index (Phi) is 5.03. The summed E-state index contributed by atoms with van der Waals surface area (Å²) >= 11 is 0. The molecule has 0 saturated heterocycles. The fraction of sp³-hybridized carbons (Fsp3) is 0. The van der Waals surface area contributed by atoms with E-state index in [1.165, 1.54) is 0 Å². The Morgan fingerprint density at radius 3 is 1.77 bits per heavy atom. The first-order chi connectivity index (χ1) is 6.13. The maximum atomic E-state index is 9.77. The molecular formula is C4H4N4O5+2. The number of nitrogens with zero attached hydrogens (tertiary/aromatic N) is 4. The van der Waals surface area contributed by atoms with Gasteiger partial charge < -0.3 is 10.2 Å². The molecule has 0 radical (unpaired) electrons. The van der Waals surface area contributed by atoms with E-state index in [9.17, 15) is 9.59 Å². The second kappa shape index (κ2) is 6.23. The first-order valence-electron chi connectivity index (χ1n) is 2.71. The van der Waals surface area contributed by atoms with Gasteiger partial charge in [-0.15, -0.1) is 4.94 Å². The molecule has 0 atom stereocenters. The average Bonchev–Trinajstić information content (AvgIpc) is 2.01. The number of rotatable bonds is 4. The largest absolute Gasteiger partial charge is 0.473 e. The quantitative estimate of drug-likeness (QED) is 0.238. The van der Waals surface area contributed by atoms with Crippen LogP contribution in [0.15, 0.2) is 10.6 Å². The molecule has 9 heteroatoms. The van der Waals surface area contributed by atoms with E-state index in [0.717, 1.165) is 0 Å². The van der Waals surface area contributed by atoms with E-state index in [4.69, 9.17) is 10.2 Å². The fourth-order valence-corrected chi connectivity index (χ4v) is 0.204. The highest BCUT2D eigenvalue weighted by Crippen LogP contribution is 1.67.